The summed E-state index contributed by atoms with van der Waals surface area (Å²) in [4.78, 5) is 12.8. The first-order valence-electron chi connectivity index (χ1n) is 5.42. The number of rotatable bonds is 4. The second-order valence-electron chi connectivity index (χ2n) is 3.79. The van der Waals surface area contributed by atoms with Crippen LogP contribution in [0.2, 0.25) is 5.02 Å². The van der Waals surface area contributed by atoms with E-state index in [0.29, 0.717) is 22.0 Å². The molecule has 0 saturated heterocycles. The van der Waals surface area contributed by atoms with Gasteiger partial charge in [-0.1, -0.05) is 11.6 Å². The number of benzene rings is 1. The maximum Gasteiger partial charge on any atom is 0.250 e. The van der Waals surface area contributed by atoms with Crippen LogP contribution in [0.15, 0.2) is 30.3 Å². The van der Waals surface area contributed by atoms with Crippen molar-refractivity contribution in [2.45, 2.75) is 6.54 Å². The Labute approximate surface area is 119 Å². The second kappa shape index (κ2) is 5.74. The highest BCUT2D eigenvalue weighted by Crippen LogP contribution is 2.22. The van der Waals surface area contributed by atoms with Crippen molar-refractivity contribution in [3.8, 4) is 6.07 Å². The molecule has 0 atom stereocenters. The number of halogens is 1. The van der Waals surface area contributed by atoms with Crippen molar-refractivity contribution in [3.05, 3.63) is 50.7 Å². The molecule has 0 radical (unpaired) electrons. The molecule has 1 aromatic heterocycles. The molecule has 2 aromatic rings. The fourth-order valence-electron chi connectivity index (χ4n) is 1.55. The number of nitrogens with two attached hydrogens (primary N) is 1. The number of nitriles is 1. The Kier molecular flexibility index (Phi) is 4.05. The Morgan fingerprint density at radius 1 is 1.42 bits per heavy atom. The maximum atomic E-state index is 11.0. The first-order valence-corrected chi connectivity index (χ1v) is 6.61. The third-order valence-electron chi connectivity index (χ3n) is 2.47. The van der Waals surface area contributed by atoms with Crippen molar-refractivity contribution in [1.29, 1.82) is 5.26 Å². The largest absolute Gasteiger partial charge is 0.380 e. The molecular weight excluding hydrogens is 282 g/mol. The molecule has 0 spiro atoms. The molecule has 0 saturated carbocycles. The van der Waals surface area contributed by atoms with Gasteiger partial charge in [0.1, 0.15) is 10.9 Å². The summed E-state index contributed by atoms with van der Waals surface area (Å²) < 4.78 is 0. The third kappa shape index (κ3) is 3.25. The van der Waals surface area contributed by atoms with Crippen LogP contribution in [0.5, 0.6) is 0 Å². The van der Waals surface area contributed by atoms with E-state index in [1.54, 1.807) is 24.3 Å². The van der Waals surface area contributed by atoms with E-state index >= 15 is 0 Å². The molecule has 2 rings (SSSR count). The third-order valence-corrected chi connectivity index (χ3v) is 3.78. The van der Waals surface area contributed by atoms with Gasteiger partial charge in [-0.2, -0.15) is 5.26 Å². The minimum atomic E-state index is -0.548. The van der Waals surface area contributed by atoms with E-state index < -0.39 is 5.91 Å². The van der Waals surface area contributed by atoms with E-state index in [4.69, 9.17) is 22.6 Å². The summed E-state index contributed by atoms with van der Waals surface area (Å²) in [5.41, 5.74) is 6.27. The molecule has 0 bridgehead atoms. The van der Waals surface area contributed by atoms with Crippen molar-refractivity contribution in [2.24, 2.45) is 5.73 Å². The predicted molar refractivity (Wildman–Crippen MR) is 76.3 cm³/mol. The van der Waals surface area contributed by atoms with Gasteiger partial charge in [-0.25, -0.2) is 0 Å². The smallest absolute Gasteiger partial charge is 0.250 e. The lowest BCUT2D eigenvalue weighted by molar-refractivity contribution is 0.100. The van der Waals surface area contributed by atoms with Crippen LogP contribution in [0.3, 0.4) is 0 Å². The highest BCUT2D eigenvalue weighted by molar-refractivity contribution is 7.12. The van der Waals surface area contributed by atoms with Crippen LogP contribution in [0.4, 0.5) is 5.69 Å². The van der Waals surface area contributed by atoms with Crippen LogP contribution in [-0.2, 0) is 6.54 Å². The van der Waals surface area contributed by atoms with E-state index in [9.17, 15) is 4.79 Å². The normalized spacial score (nSPS) is 9.89. The fraction of sp³-hybridized carbons (Fsp3) is 0.0769. The summed E-state index contributed by atoms with van der Waals surface area (Å²) in [6.45, 7) is 0.596. The molecule has 0 unspecified atom stereocenters. The number of nitrogens with one attached hydrogen (secondary N) is 1. The molecule has 19 heavy (non-hydrogen) atoms. The number of hydrogen-bond acceptors (Lipinski definition) is 4. The molecule has 1 heterocycles. The van der Waals surface area contributed by atoms with E-state index in [-0.39, 0.29) is 0 Å². The molecule has 0 aliphatic heterocycles. The number of amides is 1. The maximum absolute atomic E-state index is 11.0. The summed E-state index contributed by atoms with van der Waals surface area (Å²) in [6.07, 6.45) is 0. The molecule has 1 amide bonds. The van der Waals surface area contributed by atoms with Crippen LogP contribution >= 0.6 is 22.9 Å². The van der Waals surface area contributed by atoms with Crippen LogP contribution in [0.25, 0.3) is 0 Å². The molecule has 96 valence electrons. The van der Waals surface area contributed by atoms with Crippen LogP contribution in [-0.4, -0.2) is 5.91 Å². The molecule has 6 heteroatoms. The number of thiophene rings is 1. The zero-order valence-corrected chi connectivity index (χ0v) is 11.4. The molecule has 1 aromatic carbocycles. The zero-order chi connectivity index (χ0) is 13.8. The Morgan fingerprint density at radius 2 is 2.21 bits per heavy atom. The van der Waals surface area contributed by atoms with Crippen molar-refractivity contribution in [1.82, 2.24) is 0 Å². The Morgan fingerprint density at radius 3 is 2.79 bits per heavy atom. The van der Waals surface area contributed by atoms with Crippen molar-refractivity contribution in [3.63, 3.8) is 0 Å². The van der Waals surface area contributed by atoms with Gasteiger partial charge in [0.25, 0.3) is 0 Å². The van der Waals surface area contributed by atoms with Gasteiger partial charge >= 0.3 is 0 Å². The van der Waals surface area contributed by atoms with Gasteiger partial charge in [-0.3, -0.25) is 4.79 Å². The second-order valence-corrected chi connectivity index (χ2v) is 5.37. The lowest BCUT2D eigenvalue weighted by Gasteiger charge is -2.07. The van der Waals surface area contributed by atoms with Crippen molar-refractivity contribution in [2.75, 3.05) is 5.32 Å². The molecular formula is C13H10ClN3OS. The SMILES string of the molecule is N#Cc1ccc(CNc2ccc(C(N)=O)c(Cl)c2)s1. The molecule has 3 N–H and O–H groups in total. The van der Waals surface area contributed by atoms with E-state index in [1.165, 1.54) is 11.3 Å². The number of anilines is 1. The Hall–Kier alpha value is -2.03. The average Bonchev–Trinajstić information content (AvgIpc) is 2.84. The highest BCUT2D eigenvalue weighted by atomic mass is 35.5. The van der Waals surface area contributed by atoms with Crippen LogP contribution < -0.4 is 11.1 Å². The number of primary amides is 1. The minimum Gasteiger partial charge on any atom is -0.380 e. The van der Waals surface area contributed by atoms with Crippen LogP contribution in [0, 0.1) is 11.3 Å². The van der Waals surface area contributed by atoms with E-state index in [1.807, 2.05) is 6.07 Å². The zero-order valence-electron chi connectivity index (χ0n) is 9.81. The van der Waals surface area contributed by atoms with Crippen molar-refractivity contribution >= 4 is 34.5 Å². The van der Waals surface area contributed by atoms with E-state index in [2.05, 4.69) is 11.4 Å². The Bertz CT molecular complexity index is 660. The van der Waals surface area contributed by atoms with Crippen molar-refractivity contribution < 1.29 is 4.79 Å². The van der Waals surface area contributed by atoms with Gasteiger partial charge in [-0.05, 0) is 30.3 Å². The number of carbonyl (C=O) groups excluding carboxylic acids is 1. The first-order chi connectivity index (χ1) is 9.10. The molecule has 0 aliphatic rings. The first kappa shape index (κ1) is 13.4. The Balaban J connectivity index is 2.06. The van der Waals surface area contributed by atoms with Gasteiger partial charge in [0.15, 0.2) is 0 Å². The average molecular weight is 292 g/mol. The summed E-state index contributed by atoms with van der Waals surface area (Å²) in [6, 6.07) is 10.8. The van der Waals surface area contributed by atoms with Gasteiger partial charge in [0.05, 0.1) is 10.6 Å². The molecule has 0 aliphatic carbocycles. The summed E-state index contributed by atoms with van der Waals surface area (Å²) in [5, 5.41) is 12.2. The standard InChI is InChI=1S/C13H10ClN3OS/c14-12-5-8(1-4-11(12)13(16)18)17-7-10-3-2-9(6-15)19-10/h1-5,17H,7H2,(H2,16,18). The minimum absolute atomic E-state index is 0.301. The predicted octanol–water partition coefficient (Wildman–Crippen LogP) is 2.98. The number of hydrogen-bond donors (Lipinski definition) is 2. The van der Waals surface area contributed by atoms with Gasteiger partial charge < -0.3 is 11.1 Å². The summed E-state index contributed by atoms with van der Waals surface area (Å²) in [7, 11) is 0. The number of carbonyl (C=O) groups is 1. The van der Waals surface area contributed by atoms with Gasteiger partial charge in [-0.15, -0.1) is 11.3 Å². The quantitative estimate of drug-likeness (QED) is 0.909. The highest BCUT2D eigenvalue weighted by Gasteiger charge is 2.07. The summed E-state index contributed by atoms with van der Waals surface area (Å²) in [5.74, 6) is -0.548. The number of nitrogens with zero attached hydrogens (tertiary/aromatic N) is 1. The molecule has 0 fully saturated rings. The fourth-order valence-corrected chi connectivity index (χ4v) is 2.57. The summed E-state index contributed by atoms with van der Waals surface area (Å²) >= 11 is 7.39. The van der Waals surface area contributed by atoms with Crippen LogP contribution in [0.1, 0.15) is 20.1 Å². The molecule has 4 nitrogen and oxygen atoms in total. The van der Waals surface area contributed by atoms with E-state index in [0.717, 1.165) is 10.6 Å². The lowest BCUT2D eigenvalue weighted by Crippen LogP contribution is -2.11. The topological polar surface area (TPSA) is 78.9 Å². The lowest BCUT2D eigenvalue weighted by atomic mass is 10.2. The monoisotopic (exact) mass is 291 g/mol. The van der Waals surface area contributed by atoms with Gasteiger partial charge in [0, 0.05) is 17.1 Å². The van der Waals surface area contributed by atoms with Gasteiger partial charge in [0.2, 0.25) is 5.91 Å².